The van der Waals surface area contributed by atoms with E-state index in [4.69, 9.17) is 9.91 Å². The van der Waals surface area contributed by atoms with Gasteiger partial charge in [0.1, 0.15) is 0 Å². The molecule has 0 radical (unpaired) electrons. The maximum Gasteiger partial charge on any atom is 0.191 e. The molecule has 0 atom stereocenters. The van der Waals surface area contributed by atoms with Crippen LogP contribution in [0.5, 0.6) is 0 Å². The molecule has 0 aliphatic carbocycles. The van der Waals surface area contributed by atoms with Crippen molar-refractivity contribution in [3.05, 3.63) is 35.9 Å². The molecule has 1 rings (SSSR count). The molecule has 2 heteroatoms. The lowest BCUT2D eigenvalue weighted by atomic mass is 10.1. The summed E-state index contributed by atoms with van der Waals surface area (Å²) in [6.45, 7) is 10.1. The van der Waals surface area contributed by atoms with Gasteiger partial charge in [-0.05, 0) is 36.4 Å². The summed E-state index contributed by atoms with van der Waals surface area (Å²) in [5, 5.41) is -0.0253. The molecule has 0 fully saturated rings. The van der Waals surface area contributed by atoms with Crippen molar-refractivity contribution < 1.29 is 9.91 Å². The van der Waals surface area contributed by atoms with Gasteiger partial charge in [0.05, 0.1) is 0 Å². The largest absolute Gasteiger partial charge is 0.417 e. The maximum atomic E-state index is 8.16. The Balaban J connectivity index is 2.92. The Hall–Kier alpha value is -0.603. The van der Waals surface area contributed by atoms with Crippen molar-refractivity contribution in [3.8, 4) is 0 Å². The van der Waals surface area contributed by atoms with Crippen LogP contribution in [0.25, 0.3) is 0 Å². The van der Waals surface area contributed by atoms with Crippen LogP contribution in [-0.4, -0.2) is 14.9 Å². The average molecular weight is 254 g/mol. The third kappa shape index (κ3) is 4.64. The number of benzene rings is 1. The second kappa shape index (κ2) is 5.83. The fourth-order valence-corrected chi connectivity index (χ4v) is 1.96. The normalized spacial score (nSPS) is 17.9. The van der Waals surface area contributed by atoms with Gasteiger partial charge in [-0.15, -0.1) is 0 Å². The molecular weight excluding hydrogens is 224 g/mol. The number of rotatable bonds is 5. The Morgan fingerprint density at radius 1 is 1.18 bits per heavy atom. The van der Waals surface area contributed by atoms with Crippen LogP contribution >= 0.6 is 0 Å². The highest BCUT2D eigenvalue weighted by atomic mass is 28.4. The highest BCUT2D eigenvalue weighted by Crippen LogP contribution is 2.36. The Labute approximate surface area is 113 Å². The van der Waals surface area contributed by atoms with Crippen LogP contribution in [0.1, 0.15) is 38.2 Å². The Kier molecular flexibility index (Phi) is 3.20. The van der Waals surface area contributed by atoms with Crippen molar-refractivity contribution in [2.75, 3.05) is 6.61 Å². The highest BCUT2D eigenvalue weighted by Gasteiger charge is 2.36. The first-order valence-corrected chi connectivity index (χ1v) is 8.92. The van der Waals surface area contributed by atoms with Crippen LogP contribution in [0.15, 0.2) is 30.3 Å². The van der Waals surface area contributed by atoms with E-state index < -0.39 is 21.1 Å². The third-order valence-electron chi connectivity index (χ3n) is 3.32. The maximum absolute atomic E-state index is 8.16. The molecule has 0 aliphatic heterocycles. The first-order chi connectivity index (χ1) is 9.31. The molecule has 0 N–H and O–H groups in total. The van der Waals surface area contributed by atoms with Crippen molar-refractivity contribution in [3.63, 3.8) is 0 Å². The summed E-state index contributed by atoms with van der Waals surface area (Å²) in [4.78, 5) is 0. The van der Waals surface area contributed by atoms with Gasteiger partial charge >= 0.3 is 0 Å². The molecule has 0 spiro atoms. The molecule has 1 nitrogen and oxygen atoms in total. The predicted molar refractivity (Wildman–Crippen MR) is 77.9 cm³/mol. The molecule has 0 saturated heterocycles. The minimum absolute atomic E-state index is 0.0253. The minimum atomic E-state index is -2.10. The minimum Gasteiger partial charge on any atom is -0.417 e. The highest BCUT2D eigenvalue weighted by molar-refractivity contribution is 6.74. The molecule has 0 bridgehead atoms. The summed E-state index contributed by atoms with van der Waals surface area (Å²) in [6, 6.07) is 8.46. The summed E-state index contributed by atoms with van der Waals surface area (Å²) in [5.74, 6) is 0. The summed E-state index contributed by atoms with van der Waals surface area (Å²) >= 11 is 0. The van der Waals surface area contributed by atoms with Crippen LogP contribution in [0.4, 0.5) is 0 Å². The van der Waals surface area contributed by atoms with Gasteiger partial charge in [0.25, 0.3) is 0 Å². The molecule has 0 aliphatic rings. The second-order valence-corrected chi connectivity index (χ2v) is 10.5. The summed E-state index contributed by atoms with van der Waals surface area (Å²) in [6.07, 6.45) is -4.17. The number of aryl methyl sites for hydroxylation is 1. The third-order valence-corrected chi connectivity index (χ3v) is 7.80. The van der Waals surface area contributed by atoms with Gasteiger partial charge in [0.2, 0.25) is 0 Å². The Morgan fingerprint density at radius 2 is 1.76 bits per heavy atom. The van der Waals surface area contributed by atoms with Gasteiger partial charge in [-0.1, -0.05) is 51.1 Å². The van der Waals surface area contributed by atoms with Crippen molar-refractivity contribution in [2.24, 2.45) is 0 Å². The lowest BCUT2D eigenvalue weighted by molar-refractivity contribution is 0.282. The van der Waals surface area contributed by atoms with Crippen molar-refractivity contribution in [1.82, 2.24) is 0 Å². The molecule has 1 aromatic rings. The van der Waals surface area contributed by atoms with Crippen molar-refractivity contribution in [2.45, 2.75) is 51.6 Å². The Bertz CT molecular complexity index is 466. The fourth-order valence-electron chi connectivity index (χ4n) is 1.09. The first kappa shape index (κ1) is 9.34. The van der Waals surface area contributed by atoms with Crippen LogP contribution < -0.4 is 0 Å². The molecule has 0 amide bonds. The molecule has 0 aromatic heterocycles. The SMILES string of the molecule is [2H]C([2H])(CO[Si](C)(C)C(C)(C)C)C([2H])([2H])c1ccccc1. The van der Waals surface area contributed by atoms with E-state index in [1.54, 1.807) is 30.3 Å². The Morgan fingerprint density at radius 3 is 2.29 bits per heavy atom. The summed E-state index contributed by atoms with van der Waals surface area (Å²) in [5.41, 5.74) is 0.342. The number of hydrogen-bond donors (Lipinski definition) is 0. The standard InChI is InChI=1S/C15H26OSi/c1-15(2,3)17(4,5)16-13-9-12-14-10-7-6-8-11-14/h6-8,10-11H,9,12-13H2,1-5H3/i9D2,12D2. The molecule has 17 heavy (non-hydrogen) atoms. The fraction of sp³-hybridized carbons (Fsp3) is 0.600. The monoisotopic (exact) mass is 254 g/mol. The first-order valence-electron chi connectivity index (χ1n) is 8.01. The van der Waals surface area contributed by atoms with E-state index in [9.17, 15) is 0 Å². The topological polar surface area (TPSA) is 9.23 Å². The van der Waals surface area contributed by atoms with Crippen LogP contribution in [-0.2, 0) is 10.8 Å². The molecule has 0 unspecified atom stereocenters. The molecule has 96 valence electrons. The lowest BCUT2D eigenvalue weighted by Gasteiger charge is -2.36. The van der Waals surface area contributed by atoms with Crippen molar-refractivity contribution in [1.29, 1.82) is 0 Å². The van der Waals surface area contributed by atoms with E-state index in [1.165, 1.54) is 0 Å². The lowest BCUT2D eigenvalue weighted by Crippen LogP contribution is -2.41. The van der Waals surface area contributed by atoms with Gasteiger partial charge in [-0.2, -0.15) is 0 Å². The van der Waals surface area contributed by atoms with E-state index in [0.717, 1.165) is 0 Å². The van der Waals surface area contributed by atoms with E-state index in [0.29, 0.717) is 5.56 Å². The molecule has 1 aromatic carbocycles. The van der Waals surface area contributed by atoms with E-state index in [-0.39, 0.29) is 11.6 Å². The summed E-state index contributed by atoms with van der Waals surface area (Å²) < 4.78 is 38.5. The van der Waals surface area contributed by atoms with E-state index in [2.05, 4.69) is 20.8 Å². The second-order valence-electron chi connectivity index (χ2n) is 5.72. The molecule has 0 heterocycles. The van der Waals surface area contributed by atoms with E-state index >= 15 is 0 Å². The van der Waals surface area contributed by atoms with E-state index in [1.807, 2.05) is 13.1 Å². The zero-order chi connectivity index (χ0) is 16.5. The quantitative estimate of drug-likeness (QED) is 0.696. The number of hydrogen-bond acceptors (Lipinski definition) is 1. The molecule has 0 saturated carbocycles. The zero-order valence-corrected chi connectivity index (χ0v) is 12.5. The average Bonchev–Trinajstić information content (AvgIpc) is 2.36. The van der Waals surface area contributed by atoms with Gasteiger partial charge in [0, 0.05) is 12.1 Å². The van der Waals surface area contributed by atoms with Gasteiger partial charge in [-0.3, -0.25) is 0 Å². The van der Waals surface area contributed by atoms with Crippen LogP contribution in [0, 0.1) is 0 Å². The predicted octanol–water partition coefficient (Wildman–Crippen LogP) is 4.64. The van der Waals surface area contributed by atoms with Crippen LogP contribution in [0.3, 0.4) is 0 Å². The zero-order valence-electron chi connectivity index (χ0n) is 15.5. The molecular formula is C15H26OSi. The summed E-state index contributed by atoms with van der Waals surface area (Å²) in [7, 11) is -2.10. The van der Waals surface area contributed by atoms with Crippen molar-refractivity contribution >= 4 is 8.32 Å². The van der Waals surface area contributed by atoms with Gasteiger partial charge in [-0.25, -0.2) is 0 Å². The van der Waals surface area contributed by atoms with Gasteiger partial charge in [0.15, 0.2) is 8.32 Å². The van der Waals surface area contributed by atoms with Crippen LogP contribution in [0.2, 0.25) is 18.1 Å². The van der Waals surface area contributed by atoms with Gasteiger partial charge < -0.3 is 4.43 Å². The smallest absolute Gasteiger partial charge is 0.191 e.